The van der Waals surface area contributed by atoms with Crippen molar-refractivity contribution in [3.8, 4) is 0 Å². The lowest BCUT2D eigenvalue weighted by Crippen LogP contribution is -2.07. The SMILES string of the molecule is CSCCCn1c(SCC(=O)O)nnc1C1CC1. The molecular weight excluding hydrogens is 270 g/mol. The summed E-state index contributed by atoms with van der Waals surface area (Å²) in [5.41, 5.74) is 0. The van der Waals surface area contributed by atoms with Crippen LogP contribution in [0.3, 0.4) is 0 Å². The first-order chi connectivity index (χ1) is 8.72. The molecule has 1 aromatic heterocycles. The summed E-state index contributed by atoms with van der Waals surface area (Å²) in [5.74, 6) is 1.93. The fourth-order valence-electron chi connectivity index (χ4n) is 1.75. The molecule has 5 nitrogen and oxygen atoms in total. The predicted octanol–water partition coefficient (Wildman–Crippen LogP) is 2.09. The number of aliphatic carboxylic acids is 1. The summed E-state index contributed by atoms with van der Waals surface area (Å²) in [5, 5.41) is 17.8. The number of rotatable bonds is 8. The van der Waals surface area contributed by atoms with Crippen LogP contribution in [0.5, 0.6) is 0 Å². The van der Waals surface area contributed by atoms with E-state index in [9.17, 15) is 4.79 Å². The molecule has 100 valence electrons. The lowest BCUT2D eigenvalue weighted by atomic mass is 10.4. The van der Waals surface area contributed by atoms with Crippen LogP contribution in [0.2, 0.25) is 0 Å². The maximum atomic E-state index is 10.6. The van der Waals surface area contributed by atoms with Gasteiger partial charge in [-0.1, -0.05) is 11.8 Å². The van der Waals surface area contributed by atoms with Crippen molar-refractivity contribution >= 4 is 29.5 Å². The molecular formula is C11H17N3O2S2. The Balaban J connectivity index is 2.04. The Morgan fingerprint density at radius 1 is 1.50 bits per heavy atom. The number of thioether (sulfide) groups is 2. The molecule has 1 saturated carbocycles. The van der Waals surface area contributed by atoms with E-state index in [0.29, 0.717) is 5.92 Å². The Labute approximate surface area is 115 Å². The zero-order valence-electron chi connectivity index (χ0n) is 10.3. The monoisotopic (exact) mass is 287 g/mol. The third kappa shape index (κ3) is 3.65. The van der Waals surface area contributed by atoms with Crippen molar-refractivity contribution in [1.29, 1.82) is 0 Å². The van der Waals surface area contributed by atoms with E-state index < -0.39 is 5.97 Å². The van der Waals surface area contributed by atoms with Crippen LogP contribution in [0.15, 0.2) is 5.16 Å². The van der Waals surface area contributed by atoms with Gasteiger partial charge >= 0.3 is 5.97 Å². The zero-order chi connectivity index (χ0) is 13.0. The van der Waals surface area contributed by atoms with E-state index in [1.807, 2.05) is 11.8 Å². The van der Waals surface area contributed by atoms with Gasteiger partial charge in [0.25, 0.3) is 0 Å². The van der Waals surface area contributed by atoms with Crippen molar-refractivity contribution in [3.63, 3.8) is 0 Å². The van der Waals surface area contributed by atoms with Crippen LogP contribution in [0.1, 0.15) is 31.0 Å². The van der Waals surface area contributed by atoms with E-state index in [-0.39, 0.29) is 5.75 Å². The van der Waals surface area contributed by atoms with Gasteiger partial charge in [0, 0.05) is 12.5 Å². The summed E-state index contributed by atoms with van der Waals surface area (Å²) < 4.78 is 2.11. The molecule has 1 aliphatic rings. The first kappa shape index (κ1) is 13.7. The number of hydrogen-bond acceptors (Lipinski definition) is 5. The largest absolute Gasteiger partial charge is 0.481 e. The van der Waals surface area contributed by atoms with Crippen LogP contribution >= 0.6 is 23.5 Å². The lowest BCUT2D eigenvalue weighted by molar-refractivity contribution is -0.133. The van der Waals surface area contributed by atoms with Gasteiger partial charge in [0.1, 0.15) is 5.82 Å². The average Bonchev–Trinajstić information content (AvgIpc) is 3.10. The maximum absolute atomic E-state index is 10.6. The second-order valence-corrected chi connectivity index (χ2v) is 6.22. The third-order valence-electron chi connectivity index (χ3n) is 2.74. The fourth-order valence-corrected chi connectivity index (χ4v) is 2.86. The Hall–Kier alpha value is -0.690. The van der Waals surface area contributed by atoms with Crippen molar-refractivity contribution in [2.45, 2.75) is 36.9 Å². The topological polar surface area (TPSA) is 68.0 Å². The molecule has 0 amide bonds. The van der Waals surface area contributed by atoms with Crippen molar-refractivity contribution in [1.82, 2.24) is 14.8 Å². The van der Waals surface area contributed by atoms with Crippen LogP contribution in [0, 0.1) is 0 Å². The molecule has 18 heavy (non-hydrogen) atoms. The Morgan fingerprint density at radius 3 is 2.89 bits per heavy atom. The molecule has 1 heterocycles. The number of nitrogens with zero attached hydrogens (tertiary/aromatic N) is 3. The zero-order valence-corrected chi connectivity index (χ0v) is 12.0. The molecule has 0 saturated heterocycles. The van der Waals surface area contributed by atoms with Gasteiger partial charge in [-0.15, -0.1) is 10.2 Å². The van der Waals surface area contributed by atoms with E-state index in [2.05, 4.69) is 21.0 Å². The Bertz CT molecular complexity index is 418. The molecule has 0 bridgehead atoms. The van der Waals surface area contributed by atoms with E-state index in [1.54, 1.807) is 0 Å². The van der Waals surface area contributed by atoms with Gasteiger partial charge in [-0.05, 0) is 31.3 Å². The second-order valence-electron chi connectivity index (χ2n) is 4.30. The van der Waals surface area contributed by atoms with Gasteiger partial charge in [-0.3, -0.25) is 4.79 Å². The predicted molar refractivity (Wildman–Crippen MR) is 73.4 cm³/mol. The van der Waals surface area contributed by atoms with Crippen LogP contribution < -0.4 is 0 Å². The van der Waals surface area contributed by atoms with Crippen molar-refractivity contribution in [2.75, 3.05) is 17.8 Å². The number of hydrogen-bond donors (Lipinski definition) is 1. The molecule has 0 atom stereocenters. The summed E-state index contributed by atoms with van der Waals surface area (Å²) in [6, 6.07) is 0. The average molecular weight is 287 g/mol. The molecule has 1 aliphatic carbocycles. The molecule has 1 N–H and O–H groups in total. The smallest absolute Gasteiger partial charge is 0.313 e. The highest BCUT2D eigenvalue weighted by molar-refractivity contribution is 7.99. The molecule has 0 aliphatic heterocycles. The molecule has 7 heteroatoms. The third-order valence-corrected chi connectivity index (χ3v) is 4.39. The standard InChI is InChI=1S/C11H17N3O2S2/c1-17-6-2-5-14-10(8-3-4-8)12-13-11(14)18-7-9(15)16/h8H,2-7H2,1H3,(H,15,16). The van der Waals surface area contributed by atoms with Crippen LogP contribution in [-0.2, 0) is 11.3 Å². The number of carboxylic acids is 1. The molecule has 1 fully saturated rings. The minimum Gasteiger partial charge on any atom is -0.481 e. The summed E-state index contributed by atoms with van der Waals surface area (Å²) in [7, 11) is 0. The van der Waals surface area contributed by atoms with Crippen molar-refractivity contribution in [3.05, 3.63) is 5.82 Å². The van der Waals surface area contributed by atoms with Crippen molar-refractivity contribution in [2.24, 2.45) is 0 Å². The first-order valence-corrected chi connectivity index (χ1v) is 8.37. The van der Waals surface area contributed by atoms with Crippen LogP contribution in [0.25, 0.3) is 0 Å². The highest BCUT2D eigenvalue weighted by Gasteiger charge is 2.30. The second kappa shape index (κ2) is 6.47. The molecule has 0 aromatic carbocycles. The summed E-state index contributed by atoms with van der Waals surface area (Å²) >= 11 is 3.08. The maximum Gasteiger partial charge on any atom is 0.313 e. The molecule has 1 aromatic rings. The molecule has 2 rings (SSSR count). The lowest BCUT2D eigenvalue weighted by Gasteiger charge is -2.08. The van der Waals surface area contributed by atoms with Crippen LogP contribution in [-0.4, -0.2) is 43.6 Å². The molecule has 0 radical (unpaired) electrons. The van der Waals surface area contributed by atoms with Gasteiger partial charge < -0.3 is 9.67 Å². The minimum absolute atomic E-state index is 0.0470. The number of carbonyl (C=O) groups is 1. The number of carboxylic acid groups (broad SMARTS) is 1. The van der Waals surface area contributed by atoms with Gasteiger partial charge in [-0.25, -0.2) is 0 Å². The first-order valence-electron chi connectivity index (χ1n) is 5.99. The highest BCUT2D eigenvalue weighted by atomic mass is 32.2. The summed E-state index contributed by atoms with van der Waals surface area (Å²) in [4.78, 5) is 10.6. The summed E-state index contributed by atoms with van der Waals surface area (Å²) in [6.45, 7) is 0.891. The van der Waals surface area contributed by atoms with E-state index in [0.717, 1.165) is 29.7 Å². The minimum atomic E-state index is -0.813. The Kier molecular flexibility index (Phi) is 4.94. The summed E-state index contributed by atoms with van der Waals surface area (Å²) in [6.07, 6.45) is 5.53. The normalized spacial score (nSPS) is 14.9. The van der Waals surface area contributed by atoms with Gasteiger partial charge in [-0.2, -0.15) is 11.8 Å². The Morgan fingerprint density at radius 2 is 2.28 bits per heavy atom. The van der Waals surface area contributed by atoms with E-state index >= 15 is 0 Å². The quantitative estimate of drug-likeness (QED) is 0.583. The molecule has 0 unspecified atom stereocenters. The van der Waals surface area contributed by atoms with Crippen LogP contribution in [0.4, 0.5) is 0 Å². The fraction of sp³-hybridized carbons (Fsp3) is 0.727. The van der Waals surface area contributed by atoms with E-state index in [1.165, 1.54) is 24.6 Å². The van der Waals surface area contributed by atoms with Gasteiger partial charge in [0.05, 0.1) is 5.75 Å². The number of aromatic nitrogens is 3. The van der Waals surface area contributed by atoms with Gasteiger partial charge in [0.2, 0.25) is 0 Å². The molecule has 0 spiro atoms. The highest BCUT2D eigenvalue weighted by Crippen LogP contribution is 2.40. The van der Waals surface area contributed by atoms with E-state index in [4.69, 9.17) is 5.11 Å². The van der Waals surface area contributed by atoms with Crippen molar-refractivity contribution < 1.29 is 9.90 Å². The van der Waals surface area contributed by atoms with Gasteiger partial charge in [0.15, 0.2) is 5.16 Å².